The first kappa shape index (κ1) is 11.6. The van der Waals surface area contributed by atoms with E-state index in [0.717, 1.165) is 5.39 Å². The van der Waals surface area contributed by atoms with Gasteiger partial charge in [-0.1, -0.05) is 12.1 Å². The van der Waals surface area contributed by atoms with Crippen molar-refractivity contribution in [2.45, 2.75) is 0 Å². The number of carbonyl (C=O) groups is 1. The van der Waals surface area contributed by atoms with Gasteiger partial charge in [0.05, 0.1) is 5.52 Å². The van der Waals surface area contributed by atoms with Gasteiger partial charge < -0.3 is 5.11 Å². The lowest BCUT2D eigenvalue weighted by molar-refractivity contribution is 0.0691. The zero-order valence-electron chi connectivity index (χ0n) is 9.49. The van der Waals surface area contributed by atoms with Crippen molar-refractivity contribution in [3.05, 3.63) is 47.8 Å². The Kier molecular flexibility index (Phi) is 2.64. The number of rotatable bonds is 2. The molecule has 0 bridgehead atoms. The molecule has 0 saturated heterocycles. The zero-order chi connectivity index (χ0) is 13.4. The first-order valence-electron chi connectivity index (χ1n) is 5.35. The molecule has 0 amide bonds. The summed E-state index contributed by atoms with van der Waals surface area (Å²) in [4.78, 5) is 22.9. The molecule has 0 aliphatic heterocycles. The Hall–Kier alpha value is -2.47. The molecule has 0 aliphatic rings. The number of carboxylic acids is 1. The van der Waals surface area contributed by atoms with E-state index in [-0.39, 0.29) is 11.0 Å². The standard InChI is InChI=1S/C12H7ClN4O2/c13-12-15-8-4-2-1-3-7(8)10(16-12)17-5-9(11(18)19)14-6-17/h1-6H,(H,18,19). The molecule has 6 nitrogen and oxygen atoms in total. The smallest absolute Gasteiger partial charge is 0.356 e. The number of halogens is 1. The summed E-state index contributed by atoms with van der Waals surface area (Å²) in [5, 5.41) is 9.74. The summed E-state index contributed by atoms with van der Waals surface area (Å²) in [6.45, 7) is 0. The van der Waals surface area contributed by atoms with Crippen molar-refractivity contribution in [3.8, 4) is 5.82 Å². The monoisotopic (exact) mass is 274 g/mol. The van der Waals surface area contributed by atoms with Gasteiger partial charge in [-0.05, 0) is 23.7 Å². The van der Waals surface area contributed by atoms with Crippen molar-refractivity contribution in [3.63, 3.8) is 0 Å². The van der Waals surface area contributed by atoms with E-state index in [1.165, 1.54) is 17.1 Å². The Morgan fingerprint density at radius 2 is 2.05 bits per heavy atom. The number of imidazole rings is 1. The van der Waals surface area contributed by atoms with Crippen molar-refractivity contribution in [1.29, 1.82) is 0 Å². The highest BCUT2D eigenvalue weighted by atomic mass is 35.5. The van der Waals surface area contributed by atoms with Crippen molar-refractivity contribution in [2.24, 2.45) is 0 Å². The minimum absolute atomic E-state index is 0.0567. The van der Waals surface area contributed by atoms with Crippen molar-refractivity contribution < 1.29 is 9.90 Å². The highest BCUT2D eigenvalue weighted by Gasteiger charge is 2.12. The van der Waals surface area contributed by atoms with Gasteiger partial charge in [0.2, 0.25) is 5.28 Å². The summed E-state index contributed by atoms with van der Waals surface area (Å²) in [7, 11) is 0. The largest absolute Gasteiger partial charge is 0.476 e. The first-order valence-corrected chi connectivity index (χ1v) is 5.73. The van der Waals surface area contributed by atoms with Gasteiger partial charge in [0.1, 0.15) is 6.33 Å². The van der Waals surface area contributed by atoms with Gasteiger partial charge in [-0.25, -0.2) is 14.8 Å². The molecule has 3 rings (SSSR count). The number of hydrogen-bond donors (Lipinski definition) is 1. The number of carboxylic acid groups (broad SMARTS) is 1. The summed E-state index contributed by atoms with van der Waals surface area (Å²) in [5.41, 5.74) is 0.627. The van der Waals surface area contributed by atoms with E-state index >= 15 is 0 Å². The third-order valence-corrected chi connectivity index (χ3v) is 2.77. The summed E-state index contributed by atoms with van der Waals surface area (Å²) in [6, 6.07) is 7.33. The van der Waals surface area contributed by atoms with E-state index in [2.05, 4.69) is 15.0 Å². The highest BCUT2D eigenvalue weighted by Crippen LogP contribution is 2.21. The lowest BCUT2D eigenvalue weighted by Crippen LogP contribution is -1.99. The van der Waals surface area contributed by atoms with Gasteiger partial charge in [-0.3, -0.25) is 4.57 Å². The maximum absolute atomic E-state index is 10.8. The van der Waals surface area contributed by atoms with Crippen LogP contribution < -0.4 is 0 Å². The fraction of sp³-hybridized carbons (Fsp3) is 0. The lowest BCUT2D eigenvalue weighted by atomic mass is 10.2. The van der Waals surface area contributed by atoms with Crippen LogP contribution in [0.25, 0.3) is 16.7 Å². The molecule has 7 heteroatoms. The van der Waals surface area contributed by atoms with Crippen LogP contribution in [0.2, 0.25) is 5.28 Å². The van der Waals surface area contributed by atoms with Crippen LogP contribution in [0, 0.1) is 0 Å². The van der Waals surface area contributed by atoms with E-state index < -0.39 is 5.97 Å². The molecule has 2 heterocycles. The Morgan fingerprint density at radius 3 is 2.79 bits per heavy atom. The van der Waals surface area contributed by atoms with E-state index in [9.17, 15) is 4.79 Å². The number of para-hydroxylation sites is 1. The Morgan fingerprint density at radius 1 is 1.26 bits per heavy atom. The lowest BCUT2D eigenvalue weighted by Gasteiger charge is -2.05. The normalized spacial score (nSPS) is 10.8. The fourth-order valence-corrected chi connectivity index (χ4v) is 1.95. The highest BCUT2D eigenvalue weighted by molar-refractivity contribution is 6.28. The van der Waals surface area contributed by atoms with Crippen LogP contribution in [0.5, 0.6) is 0 Å². The van der Waals surface area contributed by atoms with Crippen LogP contribution >= 0.6 is 11.6 Å². The first-order chi connectivity index (χ1) is 9.15. The van der Waals surface area contributed by atoms with E-state index in [1.807, 2.05) is 18.2 Å². The Bertz CT molecular complexity index is 784. The van der Waals surface area contributed by atoms with Crippen LogP contribution in [-0.4, -0.2) is 30.6 Å². The molecular weight excluding hydrogens is 268 g/mol. The zero-order valence-corrected chi connectivity index (χ0v) is 10.2. The maximum atomic E-state index is 10.8. The summed E-state index contributed by atoms with van der Waals surface area (Å²) >= 11 is 5.87. The third kappa shape index (κ3) is 2.02. The molecular formula is C12H7ClN4O2. The van der Waals surface area contributed by atoms with Crippen molar-refractivity contribution in [1.82, 2.24) is 19.5 Å². The van der Waals surface area contributed by atoms with E-state index in [1.54, 1.807) is 6.07 Å². The molecule has 1 N–H and O–H groups in total. The van der Waals surface area contributed by atoms with Gasteiger partial charge in [0, 0.05) is 11.6 Å². The number of aromatic nitrogens is 4. The minimum atomic E-state index is -1.09. The van der Waals surface area contributed by atoms with Crippen molar-refractivity contribution >= 4 is 28.5 Å². The summed E-state index contributed by atoms with van der Waals surface area (Å²) in [6.07, 6.45) is 2.77. The van der Waals surface area contributed by atoms with Crippen LogP contribution in [0.1, 0.15) is 10.5 Å². The molecule has 0 unspecified atom stereocenters. The second-order valence-corrected chi connectivity index (χ2v) is 4.14. The molecule has 2 aromatic heterocycles. The van der Waals surface area contributed by atoms with Crippen LogP contribution in [0.15, 0.2) is 36.8 Å². The molecule has 0 fully saturated rings. The Balaban J connectivity index is 2.26. The molecule has 1 aromatic carbocycles. The van der Waals surface area contributed by atoms with Gasteiger partial charge in [0.15, 0.2) is 11.5 Å². The van der Waals surface area contributed by atoms with Gasteiger partial charge in [-0.15, -0.1) is 0 Å². The topological polar surface area (TPSA) is 80.9 Å². The minimum Gasteiger partial charge on any atom is -0.476 e. The number of nitrogens with zero attached hydrogens (tertiary/aromatic N) is 4. The molecule has 19 heavy (non-hydrogen) atoms. The fourth-order valence-electron chi connectivity index (χ4n) is 1.78. The average molecular weight is 275 g/mol. The predicted octanol–water partition coefficient (Wildman–Crippen LogP) is 2.17. The summed E-state index contributed by atoms with van der Waals surface area (Å²) in [5.74, 6) is -0.598. The maximum Gasteiger partial charge on any atom is 0.356 e. The molecule has 0 aliphatic carbocycles. The van der Waals surface area contributed by atoms with Gasteiger partial charge >= 0.3 is 5.97 Å². The summed E-state index contributed by atoms with van der Waals surface area (Å²) < 4.78 is 1.51. The number of fused-ring (bicyclic) bond motifs is 1. The van der Waals surface area contributed by atoms with Gasteiger partial charge in [0.25, 0.3) is 0 Å². The molecule has 0 atom stereocenters. The molecule has 0 saturated carbocycles. The predicted molar refractivity (Wildman–Crippen MR) is 68.6 cm³/mol. The van der Waals surface area contributed by atoms with Crippen LogP contribution in [0.4, 0.5) is 0 Å². The number of benzene rings is 1. The number of hydrogen-bond acceptors (Lipinski definition) is 4. The van der Waals surface area contributed by atoms with E-state index in [4.69, 9.17) is 16.7 Å². The van der Waals surface area contributed by atoms with Gasteiger partial charge in [-0.2, -0.15) is 4.98 Å². The SMILES string of the molecule is O=C(O)c1cn(-c2nc(Cl)nc3ccccc23)cn1. The second-order valence-electron chi connectivity index (χ2n) is 3.80. The number of aromatic carboxylic acids is 1. The third-order valence-electron chi connectivity index (χ3n) is 2.60. The molecule has 0 radical (unpaired) electrons. The van der Waals surface area contributed by atoms with Crippen molar-refractivity contribution in [2.75, 3.05) is 0 Å². The molecule has 94 valence electrons. The van der Waals surface area contributed by atoms with Crippen LogP contribution in [0.3, 0.4) is 0 Å². The Labute approximate surface area is 112 Å². The molecule has 0 spiro atoms. The second kappa shape index (κ2) is 4.33. The van der Waals surface area contributed by atoms with E-state index in [0.29, 0.717) is 11.3 Å². The quantitative estimate of drug-likeness (QED) is 0.724. The average Bonchev–Trinajstić information content (AvgIpc) is 2.87. The molecule has 3 aromatic rings. The van der Waals surface area contributed by atoms with Crippen LogP contribution in [-0.2, 0) is 0 Å².